The average Bonchev–Trinajstić information content (AvgIpc) is 2.37. The summed E-state index contributed by atoms with van der Waals surface area (Å²) in [6.45, 7) is 1.33. The van der Waals surface area contributed by atoms with E-state index in [2.05, 4.69) is 28.9 Å². The highest BCUT2D eigenvalue weighted by Crippen LogP contribution is 2.31. The second-order valence-electron chi connectivity index (χ2n) is 5.04. The summed E-state index contributed by atoms with van der Waals surface area (Å²) in [5.74, 6) is 0.549. The lowest BCUT2D eigenvalue weighted by Gasteiger charge is -2.13. The predicted octanol–water partition coefficient (Wildman–Crippen LogP) is 4.08. The van der Waals surface area contributed by atoms with Crippen molar-refractivity contribution in [2.45, 2.75) is 26.9 Å². The molecule has 0 fully saturated rings. The van der Waals surface area contributed by atoms with Crippen LogP contribution in [0.2, 0.25) is 0 Å². The van der Waals surface area contributed by atoms with E-state index in [0.29, 0.717) is 11.4 Å². The van der Waals surface area contributed by atoms with E-state index in [1.54, 1.807) is 13.1 Å². The van der Waals surface area contributed by atoms with E-state index in [1.807, 2.05) is 12.1 Å². The lowest BCUT2D eigenvalue weighted by atomic mass is 10.1. The van der Waals surface area contributed by atoms with E-state index in [4.69, 9.17) is 0 Å². The summed E-state index contributed by atoms with van der Waals surface area (Å²) in [4.78, 5) is 4.48. The molecule has 108 valence electrons. The molecule has 20 heavy (non-hydrogen) atoms. The summed E-state index contributed by atoms with van der Waals surface area (Å²) in [5, 5.41) is 3.86. The van der Waals surface area contributed by atoms with Gasteiger partial charge in [0.25, 0.3) is 0 Å². The smallest absolute Gasteiger partial charge is 0.387 e. The van der Waals surface area contributed by atoms with Gasteiger partial charge in [0.15, 0.2) is 5.75 Å². The van der Waals surface area contributed by atoms with Gasteiger partial charge in [-0.25, -0.2) is 4.98 Å². The Balaban J connectivity index is 2.59. The van der Waals surface area contributed by atoms with Crippen LogP contribution in [-0.2, 0) is 6.42 Å². The van der Waals surface area contributed by atoms with Crippen LogP contribution in [0.1, 0.15) is 19.5 Å². The van der Waals surface area contributed by atoms with Gasteiger partial charge < -0.3 is 10.1 Å². The number of benzene rings is 1. The topological polar surface area (TPSA) is 34.2 Å². The van der Waals surface area contributed by atoms with Crippen molar-refractivity contribution in [3.05, 3.63) is 30.0 Å². The van der Waals surface area contributed by atoms with Crippen LogP contribution in [0.3, 0.4) is 0 Å². The third kappa shape index (κ3) is 3.15. The SMILES string of the molecule is CNc1cc(CC(C)C)nc2c(OC(F)F)cccc12. The largest absolute Gasteiger partial charge is 0.432 e. The van der Waals surface area contributed by atoms with Crippen LogP contribution >= 0.6 is 0 Å². The zero-order valence-corrected chi connectivity index (χ0v) is 11.8. The quantitative estimate of drug-likeness (QED) is 0.896. The predicted molar refractivity (Wildman–Crippen MR) is 76.5 cm³/mol. The van der Waals surface area contributed by atoms with Gasteiger partial charge in [-0.15, -0.1) is 0 Å². The van der Waals surface area contributed by atoms with Gasteiger partial charge in [0.1, 0.15) is 5.52 Å². The van der Waals surface area contributed by atoms with Gasteiger partial charge in [0.05, 0.1) is 0 Å². The third-order valence-corrected chi connectivity index (χ3v) is 2.96. The fourth-order valence-corrected chi connectivity index (χ4v) is 2.20. The molecule has 0 aliphatic carbocycles. The fraction of sp³-hybridized carbons (Fsp3) is 0.400. The van der Waals surface area contributed by atoms with Crippen LogP contribution in [0.25, 0.3) is 10.9 Å². The molecule has 0 aliphatic rings. The van der Waals surface area contributed by atoms with Crippen LogP contribution in [0.4, 0.5) is 14.5 Å². The number of nitrogens with zero attached hydrogens (tertiary/aromatic N) is 1. The van der Waals surface area contributed by atoms with Gasteiger partial charge in [0, 0.05) is 23.8 Å². The first-order valence-corrected chi connectivity index (χ1v) is 6.56. The zero-order chi connectivity index (χ0) is 14.7. The van der Waals surface area contributed by atoms with E-state index >= 15 is 0 Å². The van der Waals surface area contributed by atoms with Gasteiger partial charge >= 0.3 is 6.61 Å². The second kappa shape index (κ2) is 6.03. The number of hydrogen-bond acceptors (Lipinski definition) is 3. The Labute approximate surface area is 117 Å². The molecular formula is C15H18F2N2O. The van der Waals surface area contributed by atoms with Crippen molar-refractivity contribution in [2.75, 3.05) is 12.4 Å². The van der Waals surface area contributed by atoms with Gasteiger partial charge in [-0.1, -0.05) is 26.0 Å². The molecule has 0 bridgehead atoms. The summed E-state index contributed by atoms with van der Waals surface area (Å²) in [6, 6.07) is 6.99. The molecule has 0 aliphatic heterocycles. The number of pyridine rings is 1. The molecule has 0 amide bonds. The molecule has 1 aromatic heterocycles. The number of fused-ring (bicyclic) bond motifs is 1. The molecule has 0 atom stereocenters. The number of anilines is 1. The highest BCUT2D eigenvalue weighted by molar-refractivity contribution is 5.95. The van der Waals surface area contributed by atoms with E-state index < -0.39 is 6.61 Å². The Morgan fingerprint density at radius 2 is 2.05 bits per heavy atom. The lowest BCUT2D eigenvalue weighted by Crippen LogP contribution is -2.05. The molecule has 0 saturated heterocycles. The number of alkyl halides is 2. The molecule has 0 unspecified atom stereocenters. The first kappa shape index (κ1) is 14.5. The Bertz CT molecular complexity index is 600. The van der Waals surface area contributed by atoms with Crippen molar-refractivity contribution >= 4 is 16.6 Å². The summed E-state index contributed by atoms with van der Waals surface area (Å²) < 4.78 is 29.5. The normalized spacial score (nSPS) is 11.3. The van der Waals surface area contributed by atoms with Gasteiger partial charge in [0.2, 0.25) is 0 Å². The first-order chi connectivity index (χ1) is 9.51. The molecule has 1 heterocycles. The number of aromatic nitrogens is 1. The van der Waals surface area contributed by atoms with E-state index in [1.165, 1.54) is 6.07 Å². The molecule has 1 N–H and O–H groups in total. The van der Waals surface area contributed by atoms with Gasteiger partial charge in [-0.3, -0.25) is 0 Å². The van der Waals surface area contributed by atoms with E-state index in [9.17, 15) is 8.78 Å². The molecule has 0 saturated carbocycles. The fourth-order valence-electron chi connectivity index (χ4n) is 2.20. The van der Waals surface area contributed by atoms with Crippen LogP contribution in [-0.4, -0.2) is 18.6 Å². The van der Waals surface area contributed by atoms with Crippen molar-refractivity contribution in [1.29, 1.82) is 0 Å². The molecule has 5 heteroatoms. The van der Waals surface area contributed by atoms with E-state index in [0.717, 1.165) is 23.2 Å². The monoisotopic (exact) mass is 280 g/mol. The van der Waals surface area contributed by atoms with Crippen LogP contribution in [0, 0.1) is 5.92 Å². The van der Waals surface area contributed by atoms with Crippen molar-refractivity contribution < 1.29 is 13.5 Å². The number of rotatable bonds is 5. The third-order valence-electron chi connectivity index (χ3n) is 2.96. The maximum absolute atomic E-state index is 12.5. The highest BCUT2D eigenvalue weighted by Gasteiger charge is 2.13. The molecule has 1 aromatic carbocycles. The van der Waals surface area contributed by atoms with Crippen LogP contribution in [0.15, 0.2) is 24.3 Å². The van der Waals surface area contributed by atoms with Crippen molar-refractivity contribution in [2.24, 2.45) is 5.92 Å². The summed E-state index contributed by atoms with van der Waals surface area (Å²) in [6.07, 6.45) is 0.785. The first-order valence-electron chi connectivity index (χ1n) is 6.56. The highest BCUT2D eigenvalue weighted by atomic mass is 19.3. The van der Waals surface area contributed by atoms with Crippen LogP contribution < -0.4 is 10.1 Å². The minimum Gasteiger partial charge on any atom is -0.432 e. The number of ether oxygens (including phenoxy) is 1. The summed E-state index contributed by atoms with van der Waals surface area (Å²) in [5.41, 5.74) is 2.20. The molecular weight excluding hydrogens is 262 g/mol. The molecule has 3 nitrogen and oxygen atoms in total. The number of para-hydroxylation sites is 1. The van der Waals surface area contributed by atoms with Crippen LogP contribution in [0.5, 0.6) is 5.75 Å². The van der Waals surface area contributed by atoms with E-state index in [-0.39, 0.29) is 5.75 Å². The lowest BCUT2D eigenvalue weighted by molar-refractivity contribution is -0.0489. The summed E-state index contributed by atoms with van der Waals surface area (Å²) >= 11 is 0. The van der Waals surface area contributed by atoms with Gasteiger partial charge in [-0.05, 0) is 24.5 Å². The maximum atomic E-state index is 12.5. The van der Waals surface area contributed by atoms with Gasteiger partial charge in [-0.2, -0.15) is 8.78 Å². The Morgan fingerprint density at radius 1 is 1.30 bits per heavy atom. The Kier molecular flexibility index (Phi) is 4.37. The summed E-state index contributed by atoms with van der Waals surface area (Å²) in [7, 11) is 1.80. The molecule has 2 aromatic rings. The zero-order valence-electron chi connectivity index (χ0n) is 11.8. The number of nitrogens with one attached hydrogen (secondary N) is 1. The number of halogens is 2. The second-order valence-corrected chi connectivity index (χ2v) is 5.04. The van der Waals surface area contributed by atoms with Crippen molar-refractivity contribution in [3.8, 4) is 5.75 Å². The maximum Gasteiger partial charge on any atom is 0.387 e. The Morgan fingerprint density at radius 3 is 2.65 bits per heavy atom. The van der Waals surface area contributed by atoms with Crippen molar-refractivity contribution in [1.82, 2.24) is 4.98 Å². The minimum atomic E-state index is -2.85. The number of hydrogen-bond donors (Lipinski definition) is 1. The average molecular weight is 280 g/mol. The standard InChI is InChI=1S/C15H18F2N2O/c1-9(2)7-10-8-12(18-3)11-5-4-6-13(14(11)19-10)20-15(16)17/h4-6,8-9,15H,7H2,1-3H3,(H,18,19). The van der Waals surface area contributed by atoms with Crippen molar-refractivity contribution in [3.63, 3.8) is 0 Å². The molecule has 0 spiro atoms. The molecule has 2 rings (SSSR count). The minimum absolute atomic E-state index is 0.111. The molecule has 0 radical (unpaired) electrons. The Hall–Kier alpha value is -1.91.